The summed E-state index contributed by atoms with van der Waals surface area (Å²) >= 11 is 1.58. The first kappa shape index (κ1) is 14.1. The van der Waals surface area contributed by atoms with E-state index in [4.69, 9.17) is 4.42 Å². The Morgan fingerprint density at radius 2 is 2.11 bits per heavy atom. The number of hydrogen-bond acceptors (Lipinski definition) is 5. The van der Waals surface area contributed by atoms with E-state index in [0.29, 0.717) is 5.92 Å². The van der Waals surface area contributed by atoms with Crippen LogP contribution < -0.4 is 5.32 Å². The molecule has 0 aliphatic heterocycles. The lowest BCUT2D eigenvalue weighted by Crippen LogP contribution is -2.19. The van der Waals surface area contributed by atoms with Gasteiger partial charge in [0.15, 0.2) is 5.16 Å². The molecule has 0 saturated heterocycles. The van der Waals surface area contributed by atoms with Gasteiger partial charge in [-0.25, -0.2) is 9.97 Å². The van der Waals surface area contributed by atoms with Gasteiger partial charge in [0.2, 0.25) is 0 Å². The molecule has 0 saturated carbocycles. The highest BCUT2D eigenvalue weighted by Crippen LogP contribution is 2.18. The predicted molar refractivity (Wildman–Crippen MR) is 76.8 cm³/mol. The van der Waals surface area contributed by atoms with Gasteiger partial charge in [-0.2, -0.15) is 0 Å². The lowest BCUT2D eigenvalue weighted by atomic mass is 10.2. The molecule has 2 rings (SSSR count). The van der Waals surface area contributed by atoms with Crippen molar-refractivity contribution in [3.05, 3.63) is 42.1 Å². The topological polar surface area (TPSA) is 51.0 Å². The van der Waals surface area contributed by atoms with Gasteiger partial charge in [-0.05, 0) is 24.6 Å². The van der Waals surface area contributed by atoms with Gasteiger partial charge in [0.1, 0.15) is 5.76 Å². The predicted octanol–water partition coefficient (Wildman–Crippen LogP) is 3.11. The molecule has 0 aliphatic carbocycles. The zero-order valence-electron chi connectivity index (χ0n) is 11.3. The Hall–Kier alpha value is -1.33. The van der Waals surface area contributed by atoms with Crippen LogP contribution in [0, 0.1) is 5.92 Å². The minimum Gasteiger partial charge on any atom is -0.468 e. The van der Waals surface area contributed by atoms with E-state index < -0.39 is 0 Å². The molecule has 2 aromatic heterocycles. The van der Waals surface area contributed by atoms with Crippen molar-refractivity contribution < 1.29 is 4.42 Å². The van der Waals surface area contributed by atoms with Crippen LogP contribution in [0.2, 0.25) is 0 Å². The molecular formula is C14H19N3OS. The van der Waals surface area contributed by atoms with Crippen LogP contribution in [-0.4, -0.2) is 16.5 Å². The lowest BCUT2D eigenvalue weighted by Gasteiger charge is -2.07. The molecule has 0 unspecified atom stereocenters. The van der Waals surface area contributed by atoms with Crippen molar-refractivity contribution in [2.45, 2.75) is 31.3 Å². The van der Waals surface area contributed by atoms with E-state index >= 15 is 0 Å². The Morgan fingerprint density at radius 3 is 2.74 bits per heavy atom. The van der Waals surface area contributed by atoms with Crippen LogP contribution in [0.4, 0.5) is 0 Å². The second kappa shape index (κ2) is 7.31. The normalized spacial score (nSPS) is 11.1. The summed E-state index contributed by atoms with van der Waals surface area (Å²) in [6.45, 7) is 6.21. The number of hydrogen-bond donors (Lipinski definition) is 1. The molecule has 0 atom stereocenters. The standard InChI is InChI=1S/C14H19N3OS/c1-11(2)6-15-7-12-8-16-14(17-9-12)19-10-13-4-3-5-18-13/h3-5,8-9,11,15H,6-7,10H2,1-2H3. The molecule has 0 radical (unpaired) electrons. The number of thioether (sulfide) groups is 1. The fourth-order valence-corrected chi connectivity index (χ4v) is 2.23. The number of furan rings is 1. The summed E-state index contributed by atoms with van der Waals surface area (Å²) in [5.74, 6) is 2.36. The van der Waals surface area contributed by atoms with Gasteiger partial charge in [-0.15, -0.1) is 0 Å². The first-order valence-corrected chi connectivity index (χ1v) is 7.39. The van der Waals surface area contributed by atoms with E-state index in [9.17, 15) is 0 Å². The van der Waals surface area contributed by atoms with Crippen LogP contribution in [0.15, 0.2) is 40.4 Å². The van der Waals surface area contributed by atoms with Gasteiger partial charge >= 0.3 is 0 Å². The maximum atomic E-state index is 5.27. The average Bonchev–Trinajstić information content (AvgIpc) is 2.90. The molecule has 0 aliphatic rings. The van der Waals surface area contributed by atoms with Crippen molar-refractivity contribution >= 4 is 11.8 Å². The zero-order valence-corrected chi connectivity index (χ0v) is 12.1. The monoisotopic (exact) mass is 277 g/mol. The van der Waals surface area contributed by atoms with E-state index in [1.807, 2.05) is 24.5 Å². The number of rotatable bonds is 7. The molecule has 5 heteroatoms. The molecule has 0 amide bonds. The van der Waals surface area contributed by atoms with E-state index in [0.717, 1.165) is 35.3 Å². The third-order valence-corrected chi connectivity index (χ3v) is 3.38. The van der Waals surface area contributed by atoms with Crippen molar-refractivity contribution in [2.24, 2.45) is 5.92 Å². The summed E-state index contributed by atoms with van der Waals surface area (Å²) < 4.78 is 5.27. The molecule has 4 nitrogen and oxygen atoms in total. The molecule has 102 valence electrons. The summed E-state index contributed by atoms with van der Waals surface area (Å²) in [6.07, 6.45) is 5.44. The van der Waals surface area contributed by atoms with Gasteiger partial charge in [0.25, 0.3) is 0 Å². The number of nitrogens with zero attached hydrogens (tertiary/aromatic N) is 2. The Balaban J connectivity index is 1.77. The van der Waals surface area contributed by atoms with E-state index in [2.05, 4.69) is 29.1 Å². The van der Waals surface area contributed by atoms with Crippen molar-refractivity contribution in [1.82, 2.24) is 15.3 Å². The Kier molecular flexibility index (Phi) is 5.42. The minimum atomic E-state index is 0.657. The quantitative estimate of drug-likeness (QED) is 0.622. The highest BCUT2D eigenvalue weighted by Gasteiger charge is 2.02. The number of aromatic nitrogens is 2. The summed E-state index contributed by atoms with van der Waals surface area (Å²) in [7, 11) is 0. The molecule has 0 fully saturated rings. The van der Waals surface area contributed by atoms with Gasteiger partial charge in [-0.3, -0.25) is 0 Å². The summed E-state index contributed by atoms with van der Waals surface area (Å²) in [5.41, 5.74) is 1.11. The zero-order chi connectivity index (χ0) is 13.5. The van der Waals surface area contributed by atoms with Crippen LogP contribution in [0.1, 0.15) is 25.2 Å². The first-order valence-electron chi connectivity index (χ1n) is 6.41. The van der Waals surface area contributed by atoms with Crippen molar-refractivity contribution in [2.75, 3.05) is 6.54 Å². The second-order valence-corrected chi connectivity index (χ2v) is 5.71. The van der Waals surface area contributed by atoms with Crippen LogP contribution in [0.5, 0.6) is 0 Å². The van der Waals surface area contributed by atoms with Crippen molar-refractivity contribution in [3.63, 3.8) is 0 Å². The highest BCUT2D eigenvalue weighted by molar-refractivity contribution is 7.98. The molecule has 0 bridgehead atoms. The first-order chi connectivity index (χ1) is 9.24. The maximum absolute atomic E-state index is 5.27. The fourth-order valence-electron chi connectivity index (χ4n) is 1.54. The average molecular weight is 277 g/mol. The maximum Gasteiger partial charge on any atom is 0.187 e. The van der Waals surface area contributed by atoms with Gasteiger partial charge < -0.3 is 9.73 Å². The van der Waals surface area contributed by atoms with Crippen LogP contribution in [-0.2, 0) is 12.3 Å². The van der Waals surface area contributed by atoms with E-state index in [-0.39, 0.29) is 0 Å². The fraction of sp³-hybridized carbons (Fsp3) is 0.429. The third-order valence-electron chi connectivity index (χ3n) is 2.49. The van der Waals surface area contributed by atoms with Crippen LogP contribution >= 0.6 is 11.8 Å². The summed E-state index contributed by atoms with van der Waals surface area (Å²) in [5, 5.41) is 4.15. The van der Waals surface area contributed by atoms with Gasteiger partial charge in [-0.1, -0.05) is 25.6 Å². The SMILES string of the molecule is CC(C)CNCc1cnc(SCc2ccco2)nc1. The third kappa shape index (κ3) is 5.04. The molecular weight excluding hydrogens is 258 g/mol. The largest absolute Gasteiger partial charge is 0.468 e. The van der Waals surface area contributed by atoms with Crippen LogP contribution in [0.3, 0.4) is 0 Å². The smallest absolute Gasteiger partial charge is 0.187 e. The molecule has 19 heavy (non-hydrogen) atoms. The molecule has 0 spiro atoms. The highest BCUT2D eigenvalue weighted by atomic mass is 32.2. The summed E-state index contributed by atoms with van der Waals surface area (Å²) in [4.78, 5) is 8.69. The Labute approximate surface area is 118 Å². The Morgan fingerprint density at radius 1 is 1.32 bits per heavy atom. The lowest BCUT2D eigenvalue weighted by molar-refractivity contribution is 0.530. The Bertz CT molecular complexity index is 468. The minimum absolute atomic E-state index is 0.657. The molecule has 2 aromatic rings. The molecule has 1 N–H and O–H groups in total. The van der Waals surface area contributed by atoms with Crippen molar-refractivity contribution in [1.29, 1.82) is 0 Å². The van der Waals surface area contributed by atoms with Gasteiger partial charge in [0.05, 0.1) is 12.0 Å². The second-order valence-electron chi connectivity index (χ2n) is 4.77. The molecule has 0 aromatic carbocycles. The van der Waals surface area contributed by atoms with Crippen molar-refractivity contribution in [3.8, 4) is 0 Å². The summed E-state index contributed by atoms with van der Waals surface area (Å²) in [6, 6.07) is 3.84. The van der Waals surface area contributed by atoms with E-state index in [1.54, 1.807) is 18.0 Å². The number of nitrogens with one attached hydrogen (secondary N) is 1. The van der Waals surface area contributed by atoms with Gasteiger partial charge in [0, 0.05) is 24.5 Å². The van der Waals surface area contributed by atoms with Crippen LogP contribution in [0.25, 0.3) is 0 Å². The molecule has 2 heterocycles. The van der Waals surface area contributed by atoms with E-state index in [1.165, 1.54) is 0 Å².